The number of halogens is 2. The van der Waals surface area contributed by atoms with Gasteiger partial charge >= 0.3 is 0 Å². The van der Waals surface area contributed by atoms with Gasteiger partial charge in [-0.25, -0.2) is 4.98 Å². The molecule has 2 aromatic rings. The molecule has 0 spiro atoms. The molecule has 27 heavy (non-hydrogen) atoms. The maximum Gasteiger partial charge on any atom is 0.251 e. The summed E-state index contributed by atoms with van der Waals surface area (Å²) in [4.78, 5) is 28.4. The molecule has 1 saturated heterocycles. The highest BCUT2D eigenvalue weighted by Crippen LogP contribution is 2.12. The van der Waals surface area contributed by atoms with E-state index in [1.54, 1.807) is 36.8 Å². The maximum atomic E-state index is 12.4. The molecular formula is C18H25Cl2N5O2. The van der Waals surface area contributed by atoms with Crippen LogP contribution in [0, 0.1) is 0 Å². The lowest BCUT2D eigenvalue weighted by Crippen LogP contribution is -2.45. The number of hydrogen-bond acceptors (Lipinski definition) is 4. The second-order valence-electron chi connectivity index (χ2n) is 6.20. The number of piperidine rings is 1. The Balaban J connectivity index is 0.00000182. The first kappa shape index (κ1) is 23.0. The van der Waals surface area contributed by atoms with Crippen LogP contribution in [-0.2, 0) is 11.3 Å². The number of rotatable bonds is 6. The first-order chi connectivity index (χ1) is 12.2. The van der Waals surface area contributed by atoms with Crippen LogP contribution in [-0.4, -0.2) is 40.5 Å². The van der Waals surface area contributed by atoms with E-state index in [1.165, 1.54) is 0 Å². The van der Waals surface area contributed by atoms with Crippen molar-refractivity contribution in [2.75, 3.05) is 18.4 Å². The van der Waals surface area contributed by atoms with Crippen molar-refractivity contribution in [3.8, 4) is 0 Å². The Morgan fingerprint density at radius 2 is 2.15 bits per heavy atom. The predicted octanol–water partition coefficient (Wildman–Crippen LogP) is 2.24. The van der Waals surface area contributed by atoms with Gasteiger partial charge in [-0.05, 0) is 37.6 Å². The summed E-state index contributed by atoms with van der Waals surface area (Å²) in [7, 11) is 0. The number of benzene rings is 1. The summed E-state index contributed by atoms with van der Waals surface area (Å²) in [5, 5.41) is 9.15. The standard InChI is InChI=1S/C18H23N5O2.2ClH/c24-17(6-9-23-10-8-20-13-23)21-15-4-1-3-14(11-15)18(25)22-16-5-2-7-19-12-16;;/h1,3-4,8,10-11,13,16,19H,2,5-7,9,12H2,(H,21,24)(H,22,25);2*1H. The Kier molecular flexibility index (Phi) is 9.85. The van der Waals surface area contributed by atoms with Gasteiger partial charge in [0.2, 0.25) is 5.91 Å². The number of anilines is 1. The second kappa shape index (κ2) is 11.6. The summed E-state index contributed by atoms with van der Waals surface area (Å²) in [6.07, 6.45) is 7.58. The van der Waals surface area contributed by atoms with Crippen molar-refractivity contribution in [2.45, 2.75) is 31.8 Å². The molecule has 1 aliphatic heterocycles. The molecule has 9 heteroatoms. The van der Waals surface area contributed by atoms with Gasteiger partial charge in [0.25, 0.3) is 5.91 Å². The molecule has 3 rings (SSSR count). The summed E-state index contributed by atoms with van der Waals surface area (Å²) < 4.78 is 1.85. The van der Waals surface area contributed by atoms with Crippen LogP contribution in [0.2, 0.25) is 0 Å². The molecule has 3 N–H and O–H groups in total. The van der Waals surface area contributed by atoms with E-state index >= 15 is 0 Å². The van der Waals surface area contributed by atoms with Crippen LogP contribution in [0.4, 0.5) is 5.69 Å². The molecule has 0 radical (unpaired) electrons. The minimum Gasteiger partial charge on any atom is -0.348 e. The average molecular weight is 414 g/mol. The lowest BCUT2D eigenvalue weighted by Gasteiger charge is -2.23. The number of imidazole rings is 1. The van der Waals surface area contributed by atoms with Gasteiger partial charge in [-0.1, -0.05) is 6.07 Å². The molecule has 0 bridgehead atoms. The molecule has 2 amide bonds. The van der Waals surface area contributed by atoms with Crippen LogP contribution in [0.25, 0.3) is 0 Å². The Morgan fingerprint density at radius 1 is 1.30 bits per heavy atom. The van der Waals surface area contributed by atoms with Crippen LogP contribution < -0.4 is 16.0 Å². The van der Waals surface area contributed by atoms with Crippen LogP contribution in [0.3, 0.4) is 0 Å². The molecule has 148 valence electrons. The van der Waals surface area contributed by atoms with Gasteiger partial charge in [-0.3, -0.25) is 9.59 Å². The van der Waals surface area contributed by atoms with Crippen LogP contribution >= 0.6 is 24.8 Å². The number of aryl methyl sites for hydroxylation is 1. The normalized spacial score (nSPS) is 15.8. The minimum absolute atomic E-state index is 0. The third-order valence-electron chi connectivity index (χ3n) is 4.20. The fourth-order valence-corrected chi connectivity index (χ4v) is 2.86. The van der Waals surface area contributed by atoms with E-state index < -0.39 is 0 Å². The average Bonchev–Trinajstić information content (AvgIpc) is 3.15. The van der Waals surface area contributed by atoms with Crippen molar-refractivity contribution in [1.29, 1.82) is 0 Å². The van der Waals surface area contributed by atoms with E-state index in [9.17, 15) is 9.59 Å². The van der Waals surface area contributed by atoms with E-state index in [0.717, 1.165) is 25.9 Å². The summed E-state index contributed by atoms with van der Waals surface area (Å²) in [6, 6.07) is 7.19. The number of amides is 2. The Labute approximate surface area is 171 Å². The van der Waals surface area contributed by atoms with Gasteiger partial charge in [0.15, 0.2) is 0 Å². The first-order valence-corrected chi connectivity index (χ1v) is 8.58. The van der Waals surface area contributed by atoms with Crippen LogP contribution in [0.1, 0.15) is 29.6 Å². The fourth-order valence-electron chi connectivity index (χ4n) is 2.86. The molecule has 7 nitrogen and oxygen atoms in total. The SMILES string of the molecule is Cl.Cl.O=C(CCn1ccnc1)Nc1cccc(C(=O)NC2CCCNC2)c1. The highest BCUT2D eigenvalue weighted by molar-refractivity contribution is 5.97. The van der Waals surface area contributed by atoms with E-state index in [4.69, 9.17) is 0 Å². The second-order valence-corrected chi connectivity index (χ2v) is 6.20. The molecule has 1 aromatic heterocycles. The van der Waals surface area contributed by atoms with Gasteiger partial charge in [0.05, 0.1) is 6.33 Å². The van der Waals surface area contributed by atoms with Crippen molar-refractivity contribution in [3.63, 3.8) is 0 Å². The summed E-state index contributed by atoms with van der Waals surface area (Å²) >= 11 is 0. The Hall–Kier alpha value is -2.09. The van der Waals surface area contributed by atoms with Crippen molar-refractivity contribution < 1.29 is 9.59 Å². The summed E-state index contributed by atoms with van der Waals surface area (Å²) in [5.74, 6) is -0.203. The largest absolute Gasteiger partial charge is 0.348 e. The quantitative estimate of drug-likeness (QED) is 0.677. The van der Waals surface area contributed by atoms with Crippen LogP contribution in [0.15, 0.2) is 43.0 Å². The highest BCUT2D eigenvalue weighted by Gasteiger charge is 2.16. The van der Waals surface area contributed by atoms with Gasteiger partial charge < -0.3 is 20.5 Å². The third-order valence-corrected chi connectivity index (χ3v) is 4.20. The summed E-state index contributed by atoms with van der Waals surface area (Å²) in [5.41, 5.74) is 1.18. The van der Waals surface area contributed by atoms with Crippen molar-refractivity contribution >= 4 is 42.3 Å². The van der Waals surface area contributed by atoms with Gasteiger partial charge in [-0.15, -0.1) is 24.8 Å². The number of nitrogens with zero attached hydrogens (tertiary/aromatic N) is 2. The van der Waals surface area contributed by atoms with Crippen LogP contribution in [0.5, 0.6) is 0 Å². The Bertz CT molecular complexity index is 718. The molecule has 0 saturated carbocycles. The lowest BCUT2D eigenvalue weighted by atomic mass is 10.1. The molecule has 1 aromatic carbocycles. The number of hydrogen-bond donors (Lipinski definition) is 3. The Morgan fingerprint density at radius 3 is 2.85 bits per heavy atom. The number of nitrogens with one attached hydrogen (secondary N) is 3. The minimum atomic E-state index is -0.108. The third kappa shape index (κ3) is 7.21. The predicted molar refractivity (Wildman–Crippen MR) is 110 cm³/mol. The highest BCUT2D eigenvalue weighted by atomic mass is 35.5. The molecule has 2 heterocycles. The molecule has 1 atom stereocenters. The zero-order chi connectivity index (χ0) is 17.5. The number of carbonyl (C=O) groups is 2. The van der Waals surface area contributed by atoms with Gasteiger partial charge in [-0.2, -0.15) is 0 Å². The van der Waals surface area contributed by atoms with Crippen molar-refractivity contribution in [3.05, 3.63) is 48.5 Å². The van der Waals surface area contributed by atoms with Gasteiger partial charge in [0.1, 0.15) is 0 Å². The van der Waals surface area contributed by atoms with Crippen molar-refractivity contribution in [1.82, 2.24) is 20.2 Å². The number of aromatic nitrogens is 2. The first-order valence-electron chi connectivity index (χ1n) is 8.58. The monoisotopic (exact) mass is 413 g/mol. The zero-order valence-corrected chi connectivity index (χ0v) is 16.5. The van der Waals surface area contributed by atoms with E-state index in [0.29, 0.717) is 24.2 Å². The molecule has 1 fully saturated rings. The van der Waals surface area contributed by atoms with E-state index in [2.05, 4.69) is 20.9 Å². The molecular weight excluding hydrogens is 389 g/mol. The molecule has 1 unspecified atom stereocenters. The van der Waals surface area contributed by atoms with Crippen molar-refractivity contribution in [2.24, 2.45) is 0 Å². The molecule has 1 aliphatic rings. The lowest BCUT2D eigenvalue weighted by molar-refractivity contribution is -0.116. The smallest absolute Gasteiger partial charge is 0.251 e. The van der Waals surface area contributed by atoms with E-state index in [1.807, 2.05) is 10.8 Å². The summed E-state index contributed by atoms with van der Waals surface area (Å²) in [6.45, 7) is 2.38. The van der Waals surface area contributed by atoms with E-state index in [-0.39, 0.29) is 42.7 Å². The molecule has 0 aliphatic carbocycles. The zero-order valence-electron chi connectivity index (χ0n) is 14.9. The topological polar surface area (TPSA) is 88.0 Å². The maximum absolute atomic E-state index is 12.4. The van der Waals surface area contributed by atoms with Gasteiger partial charge in [0, 0.05) is 49.2 Å². The number of carbonyl (C=O) groups excluding carboxylic acids is 2. The fraction of sp³-hybridized carbons (Fsp3) is 0.389.